The normalized spacial score (nSPS) is 14.9. The number of amides is 2. The Hall–Kier alpha value is -4.40. The van der Waals surface area contributed by atoms with E-state index in [1.807, 2.05) is 55.5 Å². The predicted octanol–water partition coefficient (Wildman–Crippen LogP) is 3.04. The molecule has 4 rings (SSSR count). The second kappa shape index (κ2) is 13.1. The van der Waals surface area contributed by atoms with Crippen LogP contribution in [0.15, 0.2) is 66.7 Å². The Balaban J connectivity index is 1.48. The van der Waals surface area contributed by atoms with Crippen molar-refractivity contribution in [2.45, 2.75) is 13.5 Å². The van der Waals surface area contributed by atoms with E-state index in [4.69, 9.17) is 23.7 Å². The lowest BCUT2D eigenvalue weighted by molar-refractivity contribution is -0.123. The molecule has 0 unspecified atom stereocenters. The zero-order chi connectivity index (χ0) is 25.9. The number of rotatable bonds is 3. The molecule has 0 atom stereocenters. The second-order valence-electron chi connectivity index (χ2n) is 8.28. The first-order valence-corrected chi connectivity index (χ1v) is 12.0. The highest BCUT2D eigenvalue weighted by molar-refractivity contribution is 5.78. The van der Waals surface area contributed by atoms with Crippen LogP contribution in [0.1, 0.15) is 11.1 Å². The van der Waals surface area contributed by atoms with Crippen molar-refractivity contribution in [2.75, 3.05) is 39.5 Å². The number of carbonyl (C=O) groups excluding carboxylic acids is 2. The second-order valence-corrected chi connectivity index (χ2v) is 8.28. The Bertz CT molecular complexity index is 1200. The summed E-state index contributed by atoms with van der Waals surface area (Å²) in [5.74, 6) is 1.45. The summed E-state index contributed by atoms with van der Waals surface area (Å²) >= 11 is 0. The monoisotopic (exact) mass is 506 g/mol. The minimum Gasteiger partial charge on any atom is -0.488 e. The molecule has 1 heterocycles. The SMILES string of the molecule is Cc1ccc2c(c1)OCCNC(=O)COc1cccc(c1OCc1ccccc1)OCC(=O)NCCO2. The molecule has 0 radical (unpaired) electrons. The first kappa shape index (κ1) is 25.7. The quantitative estimate of drug-likeness (QED) is 0.563. The lowest BCUT2D eigenvalue weighted by Gasteiger charge is -2.17. The molecule has 2 bridgehead atoms. The average molecular weight is 507 g/mol. The molecule has 3 aromatic rings. The van der Waals surface area contributed by atoms with Crippen LogP contribution in [0, 0.1) is 6.92 Å². The van der Waals surface area contributed by atoms with Crippen LogP contribution in [-0.4, -0.2) is 51.3 Å². The summed E-state index contributed by atoms with van der Waals surface area (Å²) in [6.45, 7) is 2.80. The van der Waals surface area contributed by atoms with Crippen LogP contribution in [-0.2, 0) is 16.2 Å². The van der Waals surface area contributed by atoms with Gasteiger partial charge in [-0.1, -0.05) is 42.5 Å². The molecule has 1 aliphatic heterocycles. The third-order valence-electron chi connectivity index (χ3n) is 5.35. The lowest BCUT2D eigenvalue weighted by atomic mass is 10.2. The van der Waals surface area contributed by atoms with E-state index in [-0.39, 0.29) is 57.9 Å². The van der Waals surface area contributed by atoms with Gasteiger partial charge in [0.1, 0.15) is 19.8 Å². The molecule has 0 spiro atoms. The van der Waals surface area contributed by atoms with E-state index in [1.54, 1.807) is 18.2 Å². The maximum absolute atomic E-state index is 12.4. The van der Waals surface area contributed by atoms with Gasteiger partial charge in [0, 0.05) is 0 Å². The predicted molar refractivity (Wildman–Crippen MR) is 136 cm³/mol. The molecule has 0 saturated carbocycles. The van der Waals surface area contributed by atoms with Crippen molar-refractivity contribution >= 4 is 11.8 Å². The van der Waals surface area contributed by atoms with Crippen LogP contribution in [0.25, 0.3) is 0 Å². The van der Waals surface area contributed by atoms with Crippen molar-refractivity contribution < 1.29 is 33.3 Å². The molecule has 2 amide bonds. The van der Waals surface area contributed by atoms with Gasteiger partial charge in [0.05, 0.1) is 13.1 Å². The van der Waals surface area contributed by atoms with E-state index in [2.05, 4.69) is 10.6 Å². The summed E-state index contributed by atoms with van der Waals surface area (Å²) in [6, 6.07) is 20.3. The van der Waals surface area contributed by atoms with Gasteiger partial charge in [0.25, 0.3) is 11.8 Å². The Kier molecular flexibility index (Phi) is 9.07. The van der Waals surface area contributed by atoms with Gasteiger partial charge in [-0.25, -0.2) is 0 Å². The van der Waals surface area contributed by atoms with E-state index in [9.17, 15) is 9.59 Å². The Morgan fingerprint density at radius 2 is 1.32 bits per heavy atom. The van der Waals surface area contributed by atoms with Crippen molar-refractivity contribution in [1.82, 2.24) is 10.6 Å². The Labute approximate surface area is 215 Å². The summed E-state index contributed by atoms with van der Waals surface area (Å²) in [4.78, 5) is 24.8. The first-order chi connectivity index (χ1) is 18.1. The maximum atomic E-state index is 12.4. The van der Waals surface area contributed by atoms with Crippen LogP contribution in [0.3, 0.4) is 0 Å². The number of para-hydroxylation sites is 1. The number of fused-ring (bicyclic) bond motifs is 3. The van der Waals surface area contributed by atoms with E-state index >= 15 is 0 Å². The molecule has 37 heavy (non-hydrogen) atoms. The average Bonchev–Trinajstić information content (AvgIpc) is 2.91. The molecule has 194 valence electrons. The van der Waals surface area contributed by atoms with Crippen molar-refractivity contribution in [1.29, 1.82) is 0 Å². The van der Waals surface area contributed by atoms with Gasteiger partial charge >= 0.3 is 0 Å². The molecule has 0 aromatic heterocycles. The van der Waals surface area contributed by atoms with E-state index in [0.717, 1.165) is 11.1 Å². The highest BCUT2D eigenvalue weighted by Crippen LogP contribution is 2.38. The van der Waals surface area contributed by atoms with Gasteiger partial charge in [0.15, 0.2) is 36.2 Å². The highest BCUT2D eigenvalue weighted by atomic mass is 16.5. The highest BCUT2D eigenvalue weighted by Gasteiger charge is 2.16. The van der Waals surface area contributed by atoms with Crippen LogP contribution in [0.2, 0.25) is 0 Å². The number of benzene rings is 3. The van der Waals surface area contributed by atoms with Crippen LogP contribution < -0.4 is 34.3 Å². The number of ether oxygens (including phenoxy) is 5. The number of hydrogen-bond acceptors (Lipinski definition) is 7. The molecule has 9 nitrogen and oxygen atoms in total. The molecule has 1 aliphatic rings. The van der Waals surface area contributed by atoms with Gasteiger partial charge in [0.2, 0.25) is 5.75 Å². The molecule has 2 N–H and O–H groups in total. The summed E-state index contributed by atoms with van der Waals surface area (Å²) in [6.07, 6.45) is 0. The van der Waals surface area contributed by atoms with Crippen LogP contribution in [0.5, 0.6) is 28.7 Å². The first-order valence-electron chi connectivity index (χ1n) is 12.0. The fourth-order valence-corrected chi connectivity index (χ4v) is 3.53. The largest absolute Gasteiger partial charge is 0.488 e. The molecule has 0 saturated heterocycles. The van der Waals surface area contributed by atoms with E-state index in [0.29, 0.717) is 28.7 Å². The summed E-state index contributed by atoms with van der Waals surface area (Å²) in [7, 11) is 0. The topological polar surface area (TPSA) is 104 Å². The minimum absolute atomic E-state index is 0.232. The Morgan fingerprint density at radius 3 is 1.97 bits per heavy atom. The molecular weight excluding hydrogens is 476 g/mol. The third kappa shape index (κ3) is 7.79. The number of hydrogen-bond donors (Lipinski definition) is 2. The lowest BCUT2D eigenvalue weighted by Crippen LogP contribution is -2.32. The van der Waals surface area contributed by atoms with Gasteiger partial charge in [-0.15, -0.1) is 0 Å². The summed E-state index contributed by atoms with van der Waals surface area (Å²) in [5.41, 5.74) is 1.95. The maximum Gasteiger partial charge on any atom is 0.258 e. The molecule has 3 aromatic carbocycles. The van der Waals surface area contributed by atoms with Crippen molar-refractivity contribution in [2.24, 2.45) is 0 Å². The number of nitrogens with one attached hydrogen (secondary N) is 2. The van der Waals surface area contributed by atoms with Crippen molar-refractivity contribution in [3.05, 3.63) is 77.9 Å². The summed E-state index contributed by atoms with van der Waals surface area (Å²) in [5, 5.41) is 5.55. The Morgan fingerprint density at radius 1 is 0.703 bits per heavy atom. The van der Waals surface area contributed by atoms with E-state index in [1.165, 1.54) is 0 Å². The molecular formula is C28H30N2O7. The fourth-order valence-electron chi connectivity index (χ4n) is 3.53. The summed E-state index contributed by atoms with van der Waals surface area (Å²) < 4.78 is 29.2. The number of aryl methyl sites for hydroxylation is 1. The zero-order valence-corrected chi connectivity index (χ0v) is 20.7. The standard InChI is InChI=1S/C28H30N2O7/c1-20-10-11-22-25(16-20)34-15-13-30-27(32)19-36-24-9-5-8-23(35-18-26(31)29-12-14-33-22)28(24)37-17-21-6-3-2-4-7-21/h2-11,16H,12-15,17-19H2,1H3,(H,29,31)(H,30,32). The fraction of sp³-hybridized carbons (Fsp3) is 0.286. The third-order valence-corrected chi connectivity index (χ3v) is 5.35. The van der Waals surface area contributed by atoms with Crippen molar-refractivity contribution in [3.8, 4) is 28.7 Å². The van der Waals surface area contributed by atoms with Gasteiger partial charge in [-0.2, -0.15) is 0 Å². The number of carbonyl (C=O) groups is 2. The molecule has 9 heteroatoms. The van der Waals surface area contributed by atoms with Gasteiger partial charge in [-0.3, -0.25) is 9.59 Å². The van der Waals surface area contributed by atoms with Crippen LogP contribution >= 0.6 is 0 Å². The zero-order valence-electron chi connectivity index (χ0n) is 20.7. The van der Waals surface area contributed by atoms with Gasteiger partial charge < -0.3 is 34.3 Å². The van der Waals surface area contributed by atoms with E-state index < -0.39 is 0 Å². The molecule has 0 fully saturated rings. The van der Waals surface area contributed by atoms with Gasteiger partial charge in [-0.05, 0) is 42.3 Å². The minimum atomic E-state index is -0.318. The molecule has 0 aliphatic carbocycles. The van der Waals surface area contributed by atoms with Crippen LogP contribution in [0.4, 0.5) is 0 Å². The van der Waals surface area contributed by atoms with Crippen molar-refractivity contribution in [3.63, 3.8) is 0 Å². The smallest absolute Gasteiger partial charge is 0.258 e.